The molecule has 12 aromatic rings. The number of benzene rings is 8. The van der Waals surface area contributed by atoms with Gasteiger partial charge in [0.15, 0.2) is 17.5 Å². The Morgan fingerprint density at radius 3 is 1.63 bits per heavy atom. The van der Waals surface area contributed by atoms with E-state index in [1.54, 1.807) is 0 Å². The number of fused-ring (bicyclic) bond motifs is 9. The first-order valence-electron chi connectivity index (χ1n) is 19.0. The highest BCUT2D eigenvalue weighted by atomic mass is 16.3. The van der Waals surface area contributed by atoms with Crippen LogP contribution in [0.5, 0.6) is 0 Å². The molecule has 0 amide bonds. The maximum absolute atomic E-state index is 6.66. The van der Waals surface area contributed by atoms with Gasteiger partial charge in [0.05, 0.1) is 16.7 Å². The minimum Gasteiger partial charge on any atom is -0.456 e. The summed E-state index contributed by atoms with van der Waals surface area (Å²) < 4.78 is 15.3. The molecule has 0 spiro atoms. The van der Waals surface area contributed by atoms with Crippen LogP contribution in [0, 0.1) is 0 Å². The maximum atomic E-state index is 6.66. The van der Waals surface area contributed by atoms with Gasteiger partial charge in [0.25, 0.3) is 0 Å². The average Bonchev–Trinajstić information content (AvgIpc) is 3.96. The van der Waals surface area contributed by atoms with E-state index in [4.69, 9.17) is 23.8 Å². The normalized spacial score (nSPS) is 11.9. The van der Waals surface area contributed by atoms with Crippen LogP contribution in [0.3, 0.4) is 0 Å². The summed E-state index contributed by atoms with van der Waals surface area (Å²) in [6, 6.07) is 62.7. The van der Waals surface area contributed by atoms with Crippen molar-refractivity contribution in [3.63, 3.8) is 0 Å². The molecule has 4 heterocycles. The molecule has 0 radical (unpaired) electrons. The third-order valence-electron chi connectivity index (χ3n) is 11.1. The van der Waals surface area contributed by atoms with E-state index in [-0.39, 0.29) is 0 Å². The van der Waals surface area contributed by atoms with Gasteiger partial charge in [-0.05, 0) is 54.1 Å². The monoisotopic (exact) mass is 730 g/mol. The summed E-state index contributed by atoms with van der Waals surface area (Å²) >= 11 is 0. The zero-order valence-electron chi connectivity index (χ0n) is 30.4. The SMILES string of the molecule is c1ccc(-c2nc(-c3ccc4c(c3)oc3ccccc34)nc(-c3cccc4oc5cccc(-c6ccccc6-n6c7ccccc7c7ccccc76)c5c34)n2)cc1. The summed E-state index contributed by atoms with van der Waals surface area (Å²) in [7, 11) is 0. The van der Waals surface area contributed by atoms with Gasteiger partial charge in [-0.1, -0.05) is 133 Å². The van der Waals surface area contributed by atoms with Crippen molar-refractivity contribution < 1.29 is 8.83 Å². The van der Waals surface area contributed by atoms with E-state index in [0.29, 0.717) is 17.5 Å². The fourth-order valence-corrected chi connectivity index (χ4v) is 8.56. The van der Waals surface area contributed by atoms with E-state index in [1.165, 1.54) is 10.8 Å². The number of rotatable bonds is 5. The van der Waals surface area contributed by atoms with Crippen LogP contribution in [0.15, 0.2) is 191 Å². The van der Waals surface area contributed by atoms with E-state index in [2.05, 4.69) is 114 Å². The number of nitrogens with zero attached hydrogens (tertiary/aromatic N) is 4. The summed E-state index contributed by atoms with van der Waals surface area (Å²) in [4.78, 5) is 15.4. The minimum atomic E-state index is 0.558. The van der Waals surface area contributed by atoms with E-state index in [1.807, 2.05) is 72.8 Å². The van der Waals surface area contributed by atoms with Crippen LogP contribution in [-0.4, -0.2) is 19.5 Å². The molecule has 6 nitrogen and oxygen atoms in total. The average molecular weight is 731 g/mol. The quantitative estimate of drug-likeness (QED) is 0.176. The van der Waals surface area contributed by atoms with Crippen molar-refractivity contribution in [3.05, 3.63) is 182 Å². The van der Waals surface area contributed by atoms with E-state index >= 15 is 0 Å². The van der Waals surface area contributed by atoms with Gasteiger partial charge < -0.3 is 13.4 Å². The molecular weight excluding hydrogens is 701 g/mol. The van der Waals surface area contributed by atoms with E-state index in [9.17, 15) is 0 Å². The lowest BCUT2D eigenvalue weighted by Crippen LogP contribution is -2.00. The predicted molar refractivity (Wildman–Crippen MR) is 230 cm³/mol. The molecule has 0 bridgehead atoms. The Morgan fingerprint density at radius 2 is 0.860 bits per heavy atom. The molecule has 0 atom stereocenters. The van der Waals surface area contributed by atoms with Crippen LogP contribution in [0.4, 0.5) is 0 Å². The number of para-hydroxylation sites is 4. The highest BCUT2D eigenvalue weighted by Crippen LogP contribution is 2.44. The molecule has 266 valence electrons. The van der Waals surface area contributed by atoms with E-state index in [0.717, 1.165) is 88.4 Å². The Bertz CT molecular complexity index is 3490. The Kier molecular flexibility index (Phi) is 6.83. The summed E-state index contributed by atoms with van der Waals surface area (Å²) in [6.07, 6.45) is 0. The molecule has 57 heavy (non-hydrogen) atoms. The molecule has 0 unspecified atom stereocenters. The molecule has 4 aromatic heterocycles. The molecule has 0 saturated carbocycles. The first-order valence-corrected chi connectivity index (χ1v) is 19.0. The predicted octanol–water partition coefficient (Wildman–Crippen LogP) is 13.4. The largest absolute Gasteiger partial charge is 0.456 e. The van der Waals surface area contributed by atoms with Gasteiger partial charge in [0.2, 0.25) is 0 Å². The summed E-state index contributed by atoms with van der Waals surface area (Å²) in [5.74, 6) is 1.70. The number of hydrogen-bond donors (Lipinski definition) is 0. The topological polar surface area (TPSA) is 69.9 Å². The van der Waals surface area contributed by atoms with Crippen molar-refractivity contribution in [3.8, 4) is 51.0 Å². The molecule has 6 heteroatoms. The van der Waals surface area contributed by atoms with Crippen LogP contribution in [0.2, 0.25) is 0 Å². The summed E-state index contributed by atoms with van der Waals surface area (Å²) in [5, 5.41) is 6.52. The lowest BCUT2D eigenvalue weighted by atomic mass is 9.95. The second-order valence-electron chi connectivity index (χ2n) is 14.3. The highest BCUT2D eigenvalue weighted by Gasteiger charge is 2.22. The first kappa shape index (κ1) is 31.5. The van der Waals surface area contributed by atoms with Crippen molar-refractivity contribution in [1.82, 2.24) is 19.5 Å². The van der Waals surface area contributed by atoms with Crippen molar-refractivity contribution in [2.45, 2.75) is 0 Å². The van der Waals surface area contributed by atoms with Crippen molar-refractivity contribution in [1.29, 1.82) is 0 Å². The second-order valence-corrected chi connectivity index (χ2v) is 14.3. The van der Waals surface area contributed by atoms with Gasteiger partial charge in [0, 0.05) is 54.6 Å². The maximum Gasteiger partial charge on any atom is 0.164 e. The van der Waals surface area contributed by atoms with Gasteiger partial charge in [-0.25, -0.2) is 15.0 Å². The van der Waals surface area contributed by atoms with Gasteiger partial charge in [-0.15, -0.1) is 0 Å². The number of furan rings is 2. The van der Waals surface area contributed by atoms with Crippen LogP contribution in [0.25, 0.3) is 117 Å². The fraction of sp³-hybridized carbons (Fsp3) is 0. The van der Waals surface area contributed by atoms with E-state index < -0.39 is 0 Å². The summed E-state index contributed by atoms with van der Waals surface area (Å²) in [6.45, 7) is 0. The Hall–Kier alpha value is -7.83. The van der Waals surface area contributed by atoms with Gasteiger partial charge >= 0.3 is 0 Å². The van der Waals surface area contributed by atoms with Crippen LogP contribution < -0.4 is 0 Å². The second kappa shape index (κ2) is 12.3. The zero-order valence-corrected chi connectivity index (χ0v) is 30.4. The van der Waals surface area contributed by atoms with Crippen LogP contribution in [0.1, 0.15) is 0 Å². The fourth-order valence-electron chi connectivity index (χ4n) is 8.56. The number of hydrogen-bond acceptors (Lipinski definition) is 5. The Balaban J connectivity index is 1.11. The molecule has 0 aliphatic rings. The minimum absolute atomic E-state index is 0.558. The third kappa shape index (κ3) is 4.87. The van der Waals surface area contributed by atoms with Crippen molar-refractivity contribution in [2.24, 2.45) is 0 Å². The lowest BCUT2D eigenvalue weighted by molar-refractivity contribution is 0.668. The number of aromatic nitrogens is 4. The Morgan fingerprint density at radius 1 is 0.333 bits per heavy atom. The molecule has 0 fully saturated rings. The molecule has 8 aromatic carbocycles. The highest BCUT2D eigenvalue weighted by molar-refractivity contribution is 6.18. The molecule has 0 aliphatic carbocycles. The molecule has 0 aliphatic heterocycles. The van der Waals surface area contributed by atoms with Crippen LogP contribution in [-0.2, 0) is 0 Å². The first-order chi connectivity index (χ1) is 28.3. The summed E-state index contributed by atoms with van der Waals surface area (Å²) in [5.41, 5.74) is 11.3. The standard InChI is InChI=1S/C51H30N4O2/c1-2-14-31(15-3-1)49-52-50(32-28-29-37-36-19-7-11-25-43(36)56-46(37)30-32)54-51(53-49)39-21-13-27-45-48(39)47-38(20-12-26-44(47)57-45)35-18-6-10-24-42(35)55-40-22-8-4-16-33(40)34-17-5-9-23-41(34)55/h1-30H. The van der Waals surface area contributed by atoms with Crippen molar-refractivity contribution >= 4 is 65.7 Å². The molecule has 12 rings (SSSR count). The molecule has 0 N–H and O–H groups in total. The third-order valence-corrected chi connectivity index (χ3v) is 11.1. The van der Waals surface area contributed by atoms with Gasteiger partial charge in [-0.3, -0.25) is 0 Å². The zero-order chi connectivity index (χ0) is 37.5. The van der Waals surface area contributed by atoms with Gasteiger partial charge in [0.1, 0.15) is 22.3 Å². The van der Waals surface area contributed by atoms with Crippen LogP contribution >= 0.6 is 0 Å². The molecule has 0 saturated heterocycles. The van der Waals surface area contributed by atoms with Crippen molar-refractivity contribution in [2.75, 3.05) is 0 Å². The van der Waals surface area contributed by atoms with Gasteiger partial charge in [-0.2, -0.15) is 0 Å². The molecular formula is C51H30N4O2. The lowest BCUT2D eigenvalue weighted by Gasteiger charge is -2.15. The Labute approximate surface area is 325 Å². The smallest absolute Gasteiger partial charge is 0.164 e.